The second-order valence-electron chi connectivity index (χ2n) is 12.3. The summed E-state index contributed by atoms with van der Waals surface area (Å²) in [5.74, 6) is 1.26. The minimum atomic E-state index is -0.966. The van der Waals surface area contributed by atoms with Crippen LogP contribution in [0, 0.1) is 23.6 Å². The number of ether oxygens (including phenoxy) is 3. The first-order chi connectivity index (χ1) is 22.5. The number of fused-ring (bicyclic) bond motifs is 2. The number of hydrogen-bond acceptors (Lipinski definition) is 8. The van der Waals surface area contributed by atoms with Crippen molar-refractivity contribution in [2.24, 2.45) is 22.9 Å². The van der Waals surface area contributed by atoms with Crippen LogP contribution in [0.2, 0.25) is 0 Å². The molecule has 46 heavy (non-hydrogen) atoms. The molecule has 6 unspecified atom stereocenters. The normalized spacial score (nSPS) is 27.3. The lowest BCUT2D eigenvalue weighted by molar-refractivity contribution is -0.223. The number of hydrogen-bond donors (Lipinski definition) is 2. The molecular formula is C37H48FNO6S. The Kier molecular flexibility index (Phi) is 12.2. The number of halogens is 1. The number of rotatable bonds is 17. The monoisotopic (exact) mass is 653 g/mol. The van der Waals surface area contributed by atoms with Gasteiger partial charge in [-0.05, 0) is 73.1 Å². The number of oxime groups is 1. The Morgan fingerprint density at radius 3 is 2.61 bits per heavy atom. The summed E-state index contributed by atoms with van der Waals surface area (Å²) in [6.45, 7) is 6.87. The second-order valence-corrected chi connectivity index (χ2v) is 13.7. The van der Waals surface area contributed by atoms with Gasteiger partial charge in [-0.2, -0.15) is 11.8 Å². The maximum atomic E-state index is 14.4. The third kappa shape index (κ3) is 7.18. The quantitative estimate of drug-likeness (QED) is 0.104. The molecule has 3 aliphatic rings. The Morgan fingerprint density at radius 1 is 1.11 bits per heavy atom. The number of aliphatic hydroxyl groups is 2. The van der Waals surface area contributed by atoms with Gasteiger partial charge in [0.25, 0.3) is 0 Å². The number of aliphatic hydroxyl groups excluding tert-OH is 2. The van der Waals surface area contributed by atoms with Crippen molar-refractivity contribution in [1.82, 2.24) is 0 Å². The van der Waals surface area contributed by atoms with Gasteiger partial charge in [-0.3, -0.25) is 0 Å². The van der Waals surface area contributed by atoms with Crippen LogP contribution in [0.3, 0.4) is 0 Å². The molecule has 7 nitrogen and oxygen atoms in total. The van der Waals surface area contributed by atoms with E-state index in [-0.39, 0.29) is 54.6 Å². The molecule has 9 heteroatoms. The van der Waals surface area contributed by atoms with Gasteiger partial charge in [0.15, 0.2) is 0 Å². The van der Waals surface area contributed by atoms with E-state index in [9.17, 15) is 14.6 Å². The van der Waals surface area contributed by atoms with Crippen molar-refractivity contribution in [3.63, 3.8) is 0 Å². The predicted molar refractivity (Wildman–Crippen MR) is 181 cm³/mol. The van der Waals surface area contributed by atoms with Crippen molar-refractivity contribution < 1.29 is 33.7 Å². The number of allylic oxidation sites excluding steroid dienone is 1. The molecule has 6 atom stereocenters. The summed E-state index contributed by atoms with van der Waals surface area (Å²) in [5, 5.41) is 23.9. The fourth-order valence-corrected chi connectivity index (χ4v) is 8.83. The molecule has 0 spiro atoms. The Morgan fingerprint density at radius 2 is 1.89 bits per heavy atom. The standard InChI is InChI=1S/C37H48FNO6S/c1-4-20-44-37-34(46-5-2)23-32(39-42-3)29-21-25(12-8-10-18-40)28(14-9-11-19-41)35(36(29)37)30-22-27(16-17-33(30)45-37)43-24-26-13-6-7-15-31(26)38/h4,6-7,13,15-17,21-22,25,28,34-36,40-41H,1,5,8-12,14,18-20,23-24H2,2-3H3. The minimum absolute atomic E-state index is 0.00860. The van der Waals surface area contributed by atoms with Crippen LogP contribution in [-0.2, 0) is 16.2 Å². The Bertz CT molecular complexity index is 1380. The minimum Gasteiger partial charge on any atom is -0.489 e. The molecule has 1 saturated carbocycles. The van der Waals surface area contributed by atoms with Crippen LogP contribution in [0.1, 0.15) is 68.9 Å². The lowest BCUT2D eigenvalue weighted by Crippen LogP contribution is -2.64. The summed E-state index contributed by atoms with van der Waals surface area (Å²) >= 11 is 1.81. The maximum Gasteiger partial charge on any atom is 0.230 e. The largest absolute Gasteiger partial charge is 0.489 e. The first-order valence-corrected chi connectivity index (χ1v) is 17.7. The van der Waals surface area contributed by atoms with Gasteiger partial charge in [-0.1, -0.05) is 55.3 Å². The van der Waals surface area contributed by atoms with Crippen molar-refractivity contribution in [1.29, 1.82) is 0 Å². The van der Waals surface area contributed by atoms with E-state index in [0.717, 1.165) is 66.9 Å². The summed E-state index contributed by atoms with van der Waals surface area (Å²) in [4.78, 5) is 5.43. The Hall–Kier alpha value is -2.85. The molecule has 1 aliphatic heterocycles. The molecule has 0 amide bonds. The molecule has 2 aliphatic carbocycles. The third-order valence-electron chi connectivity index (χ3n) is 9.54. The molecule has 0 saturated heterocycles. The highest BCUT2D eigenvalue weighted by Gasteiger charge is 2.63. The molecular weight excluding hydrogens is 605 g/mol. The van der Waals surface area contributed by atoms with Gasteiger partial charge in [0.05, 0.1) is 23.5 Å². The van der Waals surface area contributed by atoms with Crippen molar-refractivity contribution in [3.8, 4) is 11.5 Å². The lowest BCUT2D eigenvalue weighted by Gasteiger charge is -2.58. The van der Waals surface area contributed by atoms with Crippen LogP contribution >= 0.6 is 11.8 Å². The van der Waals surface area contributed by atoms with Gasteiger partial charge in [0.1, 0.15) is 31.0 Å². The number of nitrogens with zero attached hydrogens (tertiary/aromatic N) is 1. The van der Waals surface area contributed by atoms with Crippen LogP contribution in [0.25, 0.3) is 0 Å². The van der Waals surface area contributed by atoms with E-state index in [1.807, 2.05) is 30.0 Å². The van der Waals surface area contributed by atoms with Gasteiger partial charge in [-0.25, -0.2) is 4.39 Å². The summed E-state index contributed by atoms with van der Waals surface area (Å²) < 4.78 is 34.5. The Balaban J connectivity index is 1.66. The second kappa shape index (κ2) is 16.3. The van der Waals surface area contributed by atoms with Crippen LogP contribution in [0.5, 0.6) is 11.5 Å². The van der Waals surface area contributed by atoms with Crippen LogP contribution in [0.15, 0.2) is 71.9 Å². The zero-order valence-electron chi connectivity index (χ0n) is 27.0. The molecule has 0 radical (unpaired) electrons. The molecule has 2 aromatic carbocycles. The van der Waals surface area contributed by atoms with E-state index in [1.165, 1.54) is 6.07 Å². The van der Waals surface area contributed by atoms with Crippen molar-refractivity contribution in [3.05, 3.63) is 83.7 Å². The Labute approximate surface area is 276 Å². The molecule has 5 rings (SSSR count). The van der Waals surface area contributed by atoms with E-state index in [0.29, 0.717) is 24.3 Å². The zero-order chi connectivity index (χ0) is 32.5. The molecule has 2 aromatic rings. The van der Waals surface area contributed by atoms with Crippen molar-refractivity contribution in [2.45, 2.75) is 75.4 Å². The van der Waals surface area contributed by atoms with E-state index in [4.69, 9.17) is 19.0 Å². The highest BCUT2D eigenvalue weighted by molar-refractivity contribution is 8.00. The molecule has 1 fully saturated rings. The van der Waals surface area contributed by atoms with E-state index in [2.05, 4.69) is 30.8 Å². The summed E-state index contributed by atoms with van der Waals surface area (Å²) in [7, 11) is 1.59. The van der Waals surface area contributed by atoms with Crippen molar-refractivity contribution in [2.75, 3.05) is 32.7 Å². The fraction of sp³-hybridized carbons (Fsp3) is 0.541. The number of thioether (sulfide) groups is 1. The predicted octanol–water partition coefficient (Wildman–Crippen LogP) is 7.42. The van der Waals surface area contributed by atoms with Crippen LogP contribution < -0.4 is 9.47 Å². The number of benzene rings is 2. The van der Waals surface area contributed by atoms with Gasteiger partial charge in [0.2, 0.25) is 5.79 Å². The van der Waals surface area contributed by atoms with E-state index in [1.54, 1.807) is 25.3 Å². The average molecular weight is 654 g/mol. The maximum absolute atomic E-state index is 14.4. The molecule has 250 valence electrons. The summed E-state index contributed by atoms with van der Waals surface area (Å²) in [5.41, 5.74) is 3.55. The lowest BCUT2D eigenvalue weighted by atomic mass is 9.56. The fourth-order valence-electron chi connectivity index (χ4n) is 7.65. The smallest absolute Gasteiger partial charge is 0.230 e. The van der Waals surface area contributed by atoms with Crippen LogP contribution in [-0.4, -0.2) is 59.6 Å². The van der Waals surface area contributed by atoms with Crippen molar-refractivity contribution >= 4 is 17.5 Å². The van der Waals surface area contributed by atoms with Gasteiger partial charge in [-0.15, -0.1) is 6.58 Å². The molecule has 0 aromatic heterocycles. The number of unbranched alkanes of at least 4 members (excludes halogenated alkanes) is 2. The van der Waals surface area contributed by atoms with E-state index < -0.39 is 5.79 Å². The van der Waals surface area contributed by atoms with Gasteiger partial charge in [0, 0.05) is 36.7 Å². The first-order valence-electron chi connectivity index (χ1n) is 16.6. The summed E-state index contributed by atoms with van der Waals surface area (Å²) in [6.07, 6.45) is 9.88. The SMILES string of the molecule is C=CCOC12Oc3ccc(OCc4ccccc4F)cc3C3C(CCCCO)C(CCCCO)C=C(C(=NOC)CC1SCC)C32. The van der Waals surface area contributed by atoms with Gasteiger partial charge >= 0.3 is 0 Å². The molecule has 0 bridgehead atoms. The summed E-state index contributed by atoms with van der Waals surface area (Å²) in [6, 6.07) is 12.6. The zero-order valence-corrected chi connectivity index (χ0v) is 27.9. The highest BCUT2D eigenvalue weighted by atomic mass is 32.2. The highest BCUT2D eigenvalue weighted by Crippen LogP contribution is 2.62. The first kappa shape index (κ1) is 34.5. The molecule has 1 heterocycles. The topological polar surface area (TPSA) is 89.7 Å². The van der Waals surface area contributed by atoms with Crippen LogP contribution in [0.4, 0.5) is 4.39 Å². The molecule has 2 N–H and O–H groups in total. The average Bonchev–Trinajstić information content (AvgIpc) is 3.06. The van der Waals surface area contributed by atoms with Gasteiger partial charge < -0.3 is 29.3 Å². The third-order valence-corrected chi connectivity index (χ3v) is 10.8. The van der Waals surface area contributed by atoms with E-state index >= 15 is 0 Å².